The van der Waals surface area contributed by atoms with Crippen LogP contribution in [0.3, 0.4) is 0 Å². The first-order chi connectivity index (χ1) is 23.4. The van der Waals surface area contributed by atoms with Gasteiger partial charge in [0.1, 0.15) is 55.0 Å². The van der Waals surface area contributed by atoms with Crippen LogP contribution in [0, 0.1) is 0 Å². The quantitative estimate of drug-likeness (QED) is 0.160. The molecule has 2 saturated heterocycles. The first-order valence-corrected chi connectivity index (χ1v) is 17.1. The molecule has 264 valence electrons. The second kappa shape index (κ2) is 29.1. The molecule has 0 radical (unpaired) electrons. The Kier molecular flexibility index (Phi) is 25.5. The average Bonchev–Trinajstić information content (AvgIpc) is 4.06. The second-order valence-corrected chi connectivity index (χ2v) is 10.8. The van der Waals surface area contributed by atoms with Crippen molar-refractivity contribution in [2.75, 3.05) is 39.6 Å². The predicted molar refractivity (Wildman–Crippen MR) is 197 cm³/mol. The minimum atomic E-state index is -0.407. The summed E-state index contributed by atoms with van der Waals surface area (Å²) in [6.07, 6.45) is 2.78. The smallest absolute Gasteiger partial charge is 0.119 e. The molecule has 6 rings (SSSR count). The number of aliphatic hydroxyl groups is 1. The summed E-state index contributed by atoms with van der Waals surface area (Å²) < 4.78 is 31.2. The van der Waals surface area contributed by atoms with Crippen molar-refractivity contribution in [1.29, 1.82) is 0 Å². The fraction of sp³-hybridized carbons (Fsp3) is 0.415. The summed E-state index contributed by atoms with van der Waals surface area (Å²) in [7, 11) is 0. The molecule has 2 aliphatic heterocycles. The number of benzene rings is 4. The topological polar surface area (TPSA) is 82.2 Å². The Balaban J connectivity index is 0.000000304. The Hall–Kier alpha value is -4.04. The van der Waals surface area contributed by atoms with Gasteiger partial charge in [-0.25, -0.2) is 0 Å². The first kappa shape index (κ1) is 42.0. The highest BCUT2D eigenvalue weighted by molar-refractivity contribution is 5.22. The molecule has 0 amide bonds. The molecule has 0 bridgehead atoms. The third kappa shape index (κ3) is 26.1. The number of para-hydroxylation sites is 4. The molecular weight excluding hydrogens is 604 g/mol. The number of hydrogen-bond acceptors (Lipinski definition) is 7. The largest absolute Gasteiger partial charge is 0.494 e. The maximum absolute atomic E-state index is 8.89. The van der Waals surface area contributed by atoms with Gasteiger partial charge < -0.3 is 33.5 Å². The van der Waals surface area contributed by atoms with E-state index in [2.05, 4.69) is 27.7 Å². The molecule has 0 spiro atoms. The Labute approximate surface area is 289 Å². The van der Waals surface area contributed by atoms with Gasteiger partial charge in [-0.1, -0.05) is 113 Å². The van der Waals surface area contributed by atoms with E-state index in [9.17, 15) is 0 Å². The summed E-state index contributed by atoms with van der Waals surface area (Å²) in [5, 5.41) is 8.89. The van der Waals surface area contributed by atoms with Crippen molar-refractivity contribution in [1.82, 2.24) is 0 Å². The van der Waals surface area contributed by atoms with Crippen LogP contribution in [-0.2, 0) is 9.47 Å². The first-order valence-electron chi connectivity index (χ1n) is 17.1. The molecule has 0 aliphatic carbocycles. The van der Waals surface area contributed by atoms with Crippen LogP contribution < -0.4 is 18.9 Å². The number of epoxide rings is 2. The maximum Gasteiger partial charge on any atom is 0.119 e. The van der Waals surface area contributed by atoms with Crippen LogP contribution >= 0.6 is 0 Å². The SMILES string of the molecule is CC(O)COc1ccccc1.CCC.CCC.CCOc1ccccc1.c1ccc(OCC2CO2)cc1.c1ccc(OCC2CO2)cc1. The van der Waals surface area contributed by atoms with Gasteiger partial charge in [-0.15, -0.1) is 0 Å². The van der Waals surface area contributed by atoms with Crippen molar-refractivity contribution >= 4 is 0 Å². The summed E-state index contributed by atoms with van der Waals surface area (Å²) in [6, 6.07) is 38.8. The van der Waals surface area contributed by atoms with Crippen molar-refractivity contribution in [2.45, 2.75) is 72.7 Å². The second-order valence-electron chi connectivity index (χ2n) is 10.8. The Morgan fingerprint density at radius 2 is 0.792 bits per heavy atom. The summed E-state index contributed by atoms with van der Waals surface area (Å²) >= 11 is 0. The van der Waals surface area contributed by atoms with Crippen molar-refractivity contribution in [3.05, 3.63) is 121 Å². The third-order valence-electron chi connectivity index (χ3n) is 5.45. The zero-order chi connectivity index (χ0) is 35.1. The number of ether oxygens (including phenoxy) is 6. The van der Waals surface area contributed by atoms with E-state index in [1.54, 1.807) is 6.92 Å². The molecule has 2 aliphatic rings. The standard InChI is InChI=1S/2C9H10O2.C9H12O2.C8H10O.2C3H8/c2*1-2-4-8(5-3-1)10-6-9-7-11-9;1-8(10)7-11-9-5-3-2-4-6-9;1-2-9-8-6-4-3-5-7-8;2*1-3-2/h2*1-5,9H,6-7H2;2-6,8,10H,7H2,1H3;3-7H,2H2,1H3;2*3H2,1-2H3. The van der Waals surface area contributed by atoms with E-state index in [1.807, 2.05) is 128 Å². The van der Waals surface area contributed by atoms with Crippen molar-refractivity contribution in [2.24, 2.45) is 0 Å². The highest BCUT2D eigenvalue weighted by Gasteiger charge is 2.23. The number of aliphatic hydroxyl groups excluding tert-OH is 1. The molecule has 0 aromatic heterocycles. The zero-order valence-corrected chi connectivity index (χ0v) is 29.8. The highest BCUT2D eigenvalue weighted by atomic mass is 16.6. The van der Waals surface area contributed by atoms with E-state index in [0.717, 1.165) is 42.8 Å². The fourth-order valence-corrected chi connectivity index (χ4v) is 3.16. The molecule has 3 unspecified atom stereocenters. The fourth-order valence-electron chi connectivity index (χ4n) is 3.16. The lowest BCUT2D eigenvalue weighted by Gasteiger charge is -2.06. The van der Waals surface area contributed by atoms with E-state index < -0.39 is 6.10 Å². The lowest BCUT2D eigenvalue weighted by Crippen LogP contribution is -2.12. The van der Waals surface area contributed by atoms with E-state index >= 15 is 0 Å². The van der Waals surface area contributed by atoms with Crippen molar-refractivity contribution in [3.8, 4) is 23.0 Å². The van der Waals surface area contributed by atoms with Crippen LogP contribution in [-0.4, -0.2) is 63.1 Å². The van der Waals surface area contributed by atoms with Gasteiger partial charge in [-0.2, -0.15) is 0 Å². The van der Waals surface area contributed by atoms with E-state index in [4.69, 9.17) is 33.5 Å². The number of rotatable bonds is 11. The van der Waals surface area contributed by atoms with E-state index in [-0.39, 0.29) is 0 Å². The molecule has 48 heavy (non-hydrogen) atoms. The molecule has 7 heteroatoms. The summed E-state index contributed by atoms with van der Waals surface area (Å²) in [6.45, 7) is 16.3. The monoisotopic (exact) mass is 662 g/mol. The van der Waals surface area contributed by atoms with Crippen LogP contribution in [0.1, 0.15) is 54.4 Å². The van der Waals surface area contributed by atoms with Crippen LogP contribution in [0.25, 0.3) is 0 Å². The third-order valence-corrected chi connectivity index (χ3v) is 5.45. The van der Waals surface area contributed by atoms with Crippen molar-refractivity contribution < 1.29 is 33.5 Å². The lowest BCUT2D eigenvalue weighted by atomic mass is 10.3. The Morgan fingerprint density at radius 3 is 1.04 bits per heavy atom. The Morgan fingerprint density at radius 1 is 0.521 bits per heavy atom. The minimum Gasteiger partial charge on any atom is -0.494 e. The molecule has 7 nitrogen and oxygen atoms in total. The molecule has 0 saturated carbocycles. The molecule has 1 N–H and O–H groups in total. The molecule has 4 aromatic rings. The van der Waals surface area contributed by atoms with Gasteiger partial charge >= 0.3 is 0 Å². The lowest BCUT2D eigenvalue weighted by molar-refractivity contribution is 0.123. The summed E-state index contributed by atoms with van der Waals surface area (Å²) in [4.78, 5) is 0. The predicted octanol–water partition coefficient (Wildman–Crippen LogP) is 9.29. The average molecular weight is 663 g/mol. The van der Waals surface area contributed by atoms with Gasteiger partial charge in [0.2, 0.25) is 0 Å². The van der Waals surface area contributed by atoms with Gasteiger partial charge in [0, 0.05) is 0 Å². The normalized spacial score (nSPS) is 15.1. The van der Waals surface area contributed by atoms with Crippen LogP contribution in [0.4, 0.5) is 0 Å². The van der Waals surface area contributed by atoms with Crippen LogP contribution in [0.2, 0.25) is 0 Å². The molecule has 3 atom stereocenters. The van der Waals surface area contributed by atoms with Gasteiger partial charge in [0.15, 0.2) is 0 Å². The van der Waals surface area contributed by atoms with Crippen LogP contribution in [0.5, 0.6) is 23.0 Å². The van der Waals surface area contributed by atoms with E-state index in [1.165, 1.54) is 12.8 Å². The summed E-state index contributed by atoms with van der Waals surface area (Å²) in [5.74, 6) is 3.58. The minimum absolute atomic E-state index is 0.343. The molecule has 4 aromatic carbocycles. The van der Waals surface area contributed by atoms with E-state index in [0.29, 0.717) is 32.0 Å². The Bertz CT molecular complexity index is 1090. The summed E-state index contributed by atoms with van der Waals surface area (Å²) in [5.41, 5.74) is 0. The van der Waals surface area contributed by atoms with Crippen molar-refractivity contribution in [3.63, 3.8) is 0 Å². The van der Waals surface area contributed by atoms with Gasteiger partial charge in [-0.05, 0) is 62.4 Å². The molecule has 2 fully saturated rings. The van der Waals surface area contributed by atoms with Crippen LogP contribution in [0.15, 0.2) is 121 Å². The zero-order valence-electron chi connectivity index (χ0n) is 29.8. The highest BCUT2D eigenvalue weighted by Crippen LogP contribution is 2.15. The van der Waals surface area contributed by atoms with Gasteiger partial charge in [0.05, 0.1) is 25.9 Å². The molecule has 2 heterocycles. The van der Waals surface area contributed by atoms with Gasteiger partial charge in [-0.3, -0.25) is 0 Å². The maximum atomic E-state index is 8.89. The molecular formula is C41H58O7. The van der Waals surface area contributed by atoms with Gasteiger partial charge in [0.25, 0.3) is 0 Å². The number of hydrogen-bond donors (Lipinski definition) is 1.